The number of aryl methyl sites for hydroxylation is 1. The van der Waals surface area contributed by atoms with Crippen LogP contribution in [0.2, 0.25) is 0 Å². The van der Waals surface area contributed by atoms with Gasteiger partial charge in [0.05, 0.1) is 11.8 Å². The molecule has 0 fully saturated rings. The largest absolute Gasteiger partial charge is 0.387 e. The van der Waals surface area contributed by atoms with Crippen LogP contribution in [-0.2, 0) is 6.54 Å². The van der Waals surface area contributed by atoms with Crippen LogP contribution in [0.25, 0.3) is 0 Å². The lowest BCUT2D eigenvalue weighted by atomic mass is 10.1. The molecule has 0 aliphatic heterocycles. The minimum atomic E-state index is -0.595. The lowest BCUT2D eigenvalue weighted by Crippen LogP contribution is -2.39. The molecular weight excluding hydrogens is 443 g/mol. The predicted molar refractivity (Wildman–Crippen MR) is 115 cm³/mol. The van der Waals surface area contributed by atoms with Crippen molar-refractivity contribution >= 4 is 29.9 Å². The normalized spacial score (nSPS) is 12.6. The average molecular weight is 472 g/mol. The van der Waals surface area contributed by atoms with Crippen LogP contribution in [0.4, 0.5) is 0 Å². The number of aliphatic imine (C=N–C) groups is 1. The number of benzene rings is 1. The zero-order chi connectivity index (χ0) is 18.2. The summed E-state index contributed by atoms with van der Waals surface area (Å²) in [5.41, 5.74) is 2.98. The molecule has 0 saturated heterocycles. The monoisotopic (exact) mass is 472 g/mol. The molecule has 0 saturated carbocycles. The molecule has 0 aliphatic rings. The molecule has 2 aromatic rings. The quantitative estimate of drug-likeness (QED) is 0.327. The average Bonchev–Trinajstić information content (AvgIpc) is 3.07. The van der Waals surface area contributed by atoms with Gasteiger partial charge < -0.3 is 20.3 Å². The number of rotatable bonds is 7. The second-order valence-corrected chi connectivity index (χ2v) is 6.38. The molecule has 0 spiro atoms. The molecule has 1 atom stereocenters. The standard InChI is InChI=1S/C19H28N4O2.HI/c1-5-20-19(21-11-16-10-17(13(2)3)23-25-16)22-12-18(24)15-8-6-14(4)7-9-15;/h6-10,13,18,24H,5,11-12H2,1-4H3,(H2,20,21,22);1H. The second kappa shape index (κ2) is 11.2. The number of nitrogens with one attached hydrogen (secondary N) is 2. The maximum Gasteiger partial charge on any atom is 0.191 e. The van der Waals surface area contributed by atoms with E-state index in [1.165, 1.54) is 5.56 Å². The van der Waals surface area contributed by atoms with Crippen molar-refractivity contribution in [2.75, 3.05) is 13.1 Å². The fraction of sp³-hybridized carbons (Fsp3) is 0.474. The molecule has 3 N–H and O–H groups in total. The summed E-state index contributed by atoms with van der Waals surface area (Å²) in [7, 11) is 0. The first-order valence-corrected chi connectivity index (χ1v) is 8.72. The highest BCUT2D eigenvalue weighted by atomic mass is 127. The van der Waals surface area contributed by atoms with Gasteiger partial charge in [-0.1, -0.05) is 48.8 Å². The molecule has 0 amide bonds. The zero-order valence-electron chi connectivity index (χ0n) is 15.8. The number of halogens is 1. The van der Waals surface area contributed by atoms with E-state index >= 15 is 0 Å². The summed E-state index contributed by atoms with van der Waals surface area (Å²) in [5, 5.41) is 20.7. The van der Waals surface area contributed by atoms with Crippen molar-refractivity contribution in [2.45, 2.75) is 46.3 Å². The Morgan fingerprint density at radius 1 is 1.23 bits per heavy atom. The number of aliphatic hydroxyl groups excluding tert-OH is 1. The highest BCUT2D eigenvalue weighted by Crippen LogP contribution is 2.15. The highest BCUT2D eigenvalue weighted by molar-refractivity contribution is 14.0. The molecule has 0 radical (unpaired) electrons. The summed E-state index contributed by atoms with van der Waals surface area (Å²) in [6.07, 6.45) is -0.595. The highest BCUT2D eigenvalue weighted by Gasteiger charge is 2.10. The van der Waals surface area contributed by atoms with Crippen molar-refractivity contribution in [1.29, 1.82) is 0 Å². The minimum Gasteiger partial charge on any atom is -0.387 e. The zero-order valence-corrected chi connectivity index (χ0v) is 18.2. The summed E-state index contributed by atoms with van der Waals surface area (Å²) < 4.78 is 5.30. The second-order valence-electron chi connectivity index (χ2n) is 6.38. The van der Waals surface area contributed by atoms with Crippen LogP contribution in [0.3, 0.4) is 0 Å². The molecule has 6 nitrogen and oxygen atoms in total. The summed E-state index contributed by atoms with van der Waals surface area (Å²) >= 11 is 0. The maximum absolute atomic E-state index is 10.3. The SMILES string of the molecule is CCNC(=NCc1cc(C(C)C)no1)NCC(O)c1ccc(C)cc1.I. The van der Waals surface area contributed by atoms with E-state index in [0.717, 1.165) is 23.6 Å². The van der Waals surface area contributed by atoms with Crippen LogP contribution in [0.1, 0.15) is 55.4 Å². The van der Waals surface area contributed by atoms with E-state index in [-0.39, 0.29) is 24.0 Å². The first-order valence-electron chi connectivity index (χ1n) is 8.72. The van der Waals surface area contributed by atoms with E-state index in [0.29, 0.717) is 25.0 Å². The van der Waals surface area contributed by atoms with E-state index in [1.807, 2.05) is 44.2 Å². The molecule has 26 heavy (non-hydrogen) atoms. The number of hydrogen-bond donors (Lipinski definition) is 3. The van der Waals surface area contributed by atoms with Crippen LogP contribution in [0.5, 0.6) is 0 Å². The van der Waals surface area contributed by atoms with Crippen LogP contribution in [0, 0.1) is 6.92 Å². The third-order valence-electron chi connectivity index (χ3n) is 3.83. The van der Waals surface area contributed by atoms with Crippen molar-refractivity contribution in [3.8, 4) is 0 Å². The van der Waals surface area contributed by atoms with E-state index in [2.05, 4.69) is 34.6 Å². The van der Waals surface area contributed by atoms with Crippen molar-refractivity contribution in [1.82, 2.24) is 15.8 Å². The number of guanidine groups is 1. The van der Waals surface area contributed by atoms with Gasteiger partial charge in [-0.05, 0) is 25.3 Å². The summed E-state index contributed by atoms with van der Waals surface area (Å²) in [4.78, 5) is 4.49. The maximum atomic E-state index is 10.3. The van der Waals surface area contributed by atoms with Crippen molar-refractivity contribution in [3.05, 3.63) is 52.9 Å². The molecule has 7 heteroatoms. The number of nitrogens with zero attached hydrogens (tertiary/aromatic N) is 2. The van der Waals surface area contributed by atoms with Gasteiger partial charge in [0.15, 0.2) is 11.7 Å². The Hall–Kier alpha value is -1.61. The van der Waals surface area contributed by atoms with Gasteiger partial charge in [0, 0.05) is 19.2 Å². The lowest BCUT2D eigenvalue weighted by molar-refractivity contribution is 0.181. The molecule has 2 rings (SSSR count). The van der Waals surface area contributed by atoms with Gasteiger partial charge in [-0.15, -0.1) is 24.0 Å². The van der Waals surface area contributed by atoms with Gasteiger partial charge in [0.1, 0.15) is 6.54 Å². The Morgan fingerprint density at radius 3 is 2.50 bits per heavy atom. The molecule has 0 bridgehead atoms. The van der Waals surface area contributed by atoms with Gasteiger partial charge in [0.25, 0.3) is 0 Å². The van der Waals surface area contributed by atoms with Crippen LogP contribution in [0.15, 0.2) is 39.8 Å². The number of hydrogen-bond acceptors (Lipinski definition) is 4. The van der Waals surface area contributed by atoms with Crippen molar-refractivity contribution in [2.24, 2.45) is 4.99 Å². The van der Waals surface area contributed by atoms with Crippen LogP contribution in [-0.4, -0.2) is 29.3 Å². The lowest BCUT2D eigenvalue weighted by Gasteiger charge is -2.15. The molecule has 1 unspecified atom stereocenters. The minimum absolute atomic E-state index is 0. The first-order chi connectivity index (χ1) is 12.0. The van der Waals surface area contributed by atoms with E-state index in [1.54, 1.807) is 0 Å². The van der Waals surface area contributed by atoms with E-state index < -0.39 is 6.10 Å². The van der Waals surface area contributed by atoms with E-state index in [4.69, 9.17) is 4.52 Å². The Balaban J connectivity index is 0.00000338. The Bertz CT molecular complexity index is 683. The molecule has 1 aromatic heterocycles. The van der Waals surface area contributed by atoms with Crippen molar-refractivity contribution in [3.63, 3.8) is 0 Å². The Morgan fingerprint density at radius 2 is 1.92 bits per heavy atom. The Labute approximate surface area is 172 Å². The summed E-state index contributed by atoms with van der Waals surface area (Å²) in [6, 6.07) is 9.79. The molecule has 1 heterocycles. The summed E-state index contributed by atoms with van der Waals surface area (Å²) in [5.74, 6) is 1.69. The van der Waals surface area contributed by atoms with Gasteiger partial charge in [0.2, 0.25) is 0 Å². The number of aliphatic hydroxyl groups is 1. The third-order valence-corrected chi connectivity index (χ3v) is 3.83. The molecule has 144 valence electrons. The smallest absolute Gasteiger partial charge is 0.191 e. The molecular formula is C19H29IN4O2. The molecule has 1 aromatic carbocycles. The van der Waals surface area contributed by atoms with Crippen LogP contribution >= 0.6 is 24.0 Å². The summed E-state index contributed by atoms with van der Waals surface area (Å²) in [6.45, 7) is 9.68. The van der Waals surface area contributed by atoms with Gasteiger partial charge in [-0.3, -0.25) is 0 Å². The topological polar surface area (TPSA) is 82.7 Å². The Kier molecular flexibility index (Phi) is 9.64. The fourth-order valence-corrected chi connectivity index (χ4v) is 2.27. The fourth-order valence-electron chi connectivity index (χ4n) is 2.27. The van der Waals surface area contributed by atoms with Gasteiger partial charge in [-0.2, -0.15) is 0 Å². The number of aromatic nitrogens is 1. The third kappa shape index (κ3) is 6.95. The van der Waals surface area contributed by atoms with Gasteiger partial charge in [-0.25, -0.2) is 4.99 Å². The van der Waals surface area contributed by atoms with Gasteiger partial charge >= 0.3 is 0 Å². The predicted octanol–water partition coefficient (Wildman–Crippen LogP) is 3.51. The van der Waals surface area contributed by atoms with E-state index in [9.17, 15) is 5.11 Å². The van der Waals surface area contributed by atoms with Crippen molar-refractivity contribution < 1.29 is 9.63 Å². The first kappa shape index (κ1) is 22.4. The molecule has 0 aliphatic carbocycles. The van der Waals surface area contributed by atoms with Crippen LogP contribution < -0.4 is 10.6 Å².